The Bertz CT molecular complexity index is 435. The number of aliphatic hydroxyl groups is 1. The maximum atomic E-state index is 11.5. The molecule has 1 aromatic rings. The summed E-state index contributed by atoms with van der Waals surface area (Å²) in [7, 11) is 0. The zero-order valence-corrected chi connectivity index (χ0v) is 11.4. The van der Waals surface area contributed by atoms with Crippen LogP contribution < -0.4 is 11.1 Å². The quantitative estimate of drug-likeness (QED) is 0.659. The zero-order valence-electron chi connectivity index (χ0n) is 10.7. The number of rotatable bonds is 7. The van der Waals surface area contributed by atoms with Gasteiger partial charge in [-0.1, -0.05) is 35.9 Å². The largest absolute Gasteiger partial charge is 0.383 e. The third-order valence-corrected chi connectivity index (χ3v) is 2.83. The molecule has 1 amide bonds. The predicted octanol–water partition coefficient (Wildman–Crippen LogP) is 1.26. The predicted molar refractivity (Wildman–Crippen MR) is 77.0 cm³/mol. The lowest BCUT2D eigenvalue weighted by Crippen LogP contribution is -2.34. The van der Waals surface area contributed by atoms with E-state index in [4.69, 9.17) is 17.3 Å². The summed E-state index contributed by atoms with van der Waals surface area (Å²) in [6, 6.07) is 7.39. The van der Waals surface area contributed by atoms with E-state index in [0.29, 0.717) is 31.0 Å². The van der Waals surface area contributed by atoms with Crippen LogP contribution in [0.1, 0.15) is 12.0 Å². The Labute approximate surface area is 118 Å². The fourth-order valence-electron chi connectivity index (χ4n) is 1.58. The van der Waals surface area contributed by atoms with Crippen LogP contribution in [0, 0.1) is 0 Å². The van der Waals surface area contributed by atoms with E-state index < -0.39 is 6.10 Å². The van der Waals surface area contributed by atoms with Gasteiger partial charge in [0.15, 0.2) is 0 Å². The minimum Gasteiger partial charge on any atom is -0.383 e. The summed E-state index contributed by atoms with van der Waals surface area (Å²) in [5.74, 6) is -0.372. The Hall–Kier alpha value is -1.36. The van der Waals surface area contributed by atoms with E-state index >= 15 is 0 Å². The van der Waals surface area contributed by atoms with E-state index in [1.165, 1.54) is 0 Å². The Morgan fingerprint density at radius 2 is 2.26 bits per heavy atom. The Kier molecular flexibility index (Phi) is 7.18. The number of hydrogen-bond donors (Lipinski definition) is 3. The lowest BCUT2D eigenvalue weighted by atomic mass is 10.1. The summed E-state index contributed by atoms with van der Waals surface area (Å²) in [6.07, 6.45) is 3.46. The Morgan fingerprint density at radius 1 is 1.47 bits per heavy atom. The molecule has 1 rings (SSSR count). The number of hydrogen-bond acceptors (Lipinski definition) is 3. The first-order valence-electron chi connectivity index (χ1n) is 6.18. The van der Waals surface area contributed by atoms with E-state index in [-0.39, 0.29) is 5.91 Å². The monoisotopic (exact) mass is 282 g/mol. The molecular weight excluding hydrogens is 264 g/mol. The number of nitrogens with two attached hydrogens (primary N) is 1. The highest BCUT2D eigenvalue weighted by atomic mass is 35.5. The molecule has 0 bridgehead atoms. The van der Waals surface area contributed by atoms with Gasteiger partial charge in [-0.2, -0.15) is 0 Å². The van der Waals surface area contributed by atoms with E-state index in [9.17, 15) is 9.90 Å². The third kappa shape index (κ3) is 6.38. The van der Waals surface area contributed by atoms with Crippen molar-refractivity contribution < 1.29 is 9.90 Å². The van der Waals surface area contributed by atoms with Crippen LogP contribution in [0.5, 0.6) is 0 Å². The van der Waals surface area contributed by atoms with Gasteiger partial charge in [0.05, 0.1) is 0 Å². The average molecular weight is 283 g/mol. The molecule has 0 saturated carbocycles. The van der Waals surface area contributed by atoms with Gasteiger partial charge in [-0.3, -0.25) is 4.79 Å². The highest BCUT2D eigenvalue weighted by molar-refractivity contribution is 6.30. The van der Waals surface area contributed by atoms with Gasteiger partial charge in [-0.25, -0.2) is 0 Å². The molecule has 5 heteroatoms. The van der Waals surface area contributed by atoms with Crippen molar-refractivity contribution in [1.82, 2.24) is 5.32 Å². The molecule has 0 saturated heterocycles. The van der Waals surface area contributed by atoms with E-state index in [1.54, 1.807) is 18.2 Å². The first-order chi connectivity index (χ1) is 9.13. The van der Waals surface area contributed by atoms with Gasteiger partial charge >= 0.3 is 0 Å². The second kappa shape index (κ2) is 8.69. The van der Waals surface area contributed by atoms with Crippen LogP contribution in [0.3, 0.4) is 0 Å². The van der Waals surface area contributed by atoms with Gasteiger partial charge < -0.3 is 16.2 Å². The molecule has 0 aliphatic carbocycles. The summed E-state index contributed by atoms with van der Waals surface area (Å²) in [4.78, 5) is 11.5. The Balaban J connectivity index is 2.32. The highest BCUT2D eigenvalue weighted by Crippen LogP contribution is 2.12. The van der Waals surface area contributed by atoms with Crippen molar-refractivity contribution in [2.45, 2.75) is 18.9 Å². The molecule has 4 N–H and O–H groups in total. The van der Waals surface area contributed by atoms with Crippen molar-refractivity contribution in [2.75, 3.05) is 13.1 Å². The number of aryl methyl sites for hydroxylation is 1. The van der Waals surface area contributed by atoms with Crippen LogP contribution in [0.25, 0.3) is 0 Å². The molecule has 0 aliphatic heterocycles. The van der Waals surface area contributed by atoms with Gasteiger partial charge in [0.1, 0.15) is 6.10 Å². The molecule has 0 spiro atoms. The third-order valence-electron chi connectivity index (χ3n) is 2.60. The highest BCUT2D eigenvalue weighted by Gasteiger charge is 2.13. The SMILES string of the molecule is NC/C=C/CNC(=O)C(O)CCc1cccc(Cl)c1. The summed E-state index contributed by atoms with van der Waals surface area (Å²) in [5, 5.41) is 13.0. The topological polar surface area (TPSA) is 75.3 Å². The van der Waals surface area contributed by atoms with Gasteiger partial charge in [-0.15, -0.1) is 0 Å². The van der Waals surface area contributed by atoms with Gasteiger partial charge in [0.2, 0.25) is 5.91 Å². The van der Waals surface area contributed by atoms with Crippen molar-refractivity contribution in [3.63, 3.8) is 0 Å². The minimum atomic E-state index is -1.01. The number of carbonyl (C=O) groups is 1. The molecule has 1 atom stereocenters. The van der Waals surface area contributed by atoms with Gasteiger partial charge in [-0.05, 0) is 30.5 Å². The first-order valence-corrected chi connectivity index (χ1v) is 6.56. The molecule has 0 aromatic heterocycles. The molecule has 1 unspecified atom stereocenters. The molecule has 0 heterocycles. The van der Waals surface area contributed by atoms with Crippen molar-refractivity contribution in [3.05, 3.63) is 47.0 Å². The maximum Gasteiger partial charge on any atom is 0.249 e. The number of aliphatic hydroxyl groups excluding tert-OH is 1. The van der Waals surface area contributed by atoms with Crippen LogP contribution in [-0.2, 0) is 11.2 Å². The van der Waals surface area contributed by atoms with Crippen molar-refractivity contribution in [3.8, 4) is 0 Å². The van der Waals surface area contributed by atoms with Crippen LogP contribution in [-0.4, -0.2) is 30.2 Å². The normalized spacial score (nSPS) is 12.6. The number of benzene rings is 1. The molecule has 4 nitrogen and oxygen atoms in total. The van der Waals surface area contributed by atoms with Crippen LogP contribution in [0.2, 0.25) is 5.02 Å². The molecular formula is C14H19ClN2O2. The number of carbonyl (C=O) groups excluding carboxylic acids is 1. The number of amides is 1. The summed E-state index contributed by atoms with van der Waals surface area (Å²) >= 11 is 5.86. The molecule has 104 valence electrons. The van der Waals surface area contributed by atoms with Crippen LogP contribution in [0.15, 0.2) is 36.4 Å². The fraction of sp³-hybridized carbons (Fsp3) is 0.357. The molecule has 0 aliphatic rings. The lowest BCUT2D eigenvalue weighted by molar-refractivity contribution is -0.129. The number of halogens is 1. The standard InChI is InChI=1S/C14H19ClN2O2/c15-12-5-3-4-11(10-12)6-7-13(18)14(19)17-9-2-1-8-16/h1-5,10,13,18H,6-9,16H2,(H,17,19)/b2-1+. The van der Waals surface area contributed by atoms with Crippen LogP contribution in [0.4, 0.5) is 0 Å². The smallest absolute Gasteiger partial charge is 0.249 e. The summed E-state index contributed by atoms with van der Waals surface area (Å²) in [6.45, 7) is 0.817. The average Bonchev–Trinajstić information content (AvgIpc) is 2.41. The van der Waals surface area contributed by atoms with Gasteiger partial charge in [0, 0.05) is 18.1 Å². The minimum absolute atomic E-state index is 0.368. The van der Waals surface area contributed by atoms with Crippen molar-refractivity contribution >= 4 is 17.5 Å². The van der Waals surface area contributed by atoms with Gasteiger partial charge in [0.25, 0.3) is 0 Å². The van der Waals surface area contributed by atoms with E-state index in [2.05, 4.69) is 5.32 Å². The Morgan fingerprint density at radius 3 is 2.95 bits per heavy atom. The second-order valence-corrected chi connectivity index (χ2v) is 4.57. The van der Waals surface area contributed by atoms with E-state index in [1.807, 2.05) is 18.2 Å². The van der Waals surface area contributed by atoms with Crippen molar-refractivity contribution in [2.24, 2.45) is 5.73 Å². The lowest BCUT2D eigenvalue weighted by Gasteiger charge is -2.10. The zero-order chi connectivity index (χ0) is 14.1. The maximum absolute atomic E-state index is 11.5. The molecule has 0 fully saturated rings. The fourth-order valence-corrected chi connectivity index (χ4v) is 1.80. The summed E-state index contributed by atoms with van der Waals surface area (Å²) in [5.41, 5.74) is 6.27. The number of nitrogens with one attached hydrogen (secondary N) is 1. The second-order valence-electron chi connectivity index (χ2n) is 4.14. The first kappa shape index (κ1) is 15.7. The van der Waals surface area contributed by atoms with Crippen molar-refractivity contribution in [1.29, 1.82) is 0 Å². The summed E-state index contributed by atoms with van der Waals surface area (Å²) < 4.78 is 0. The van der Waals surface area contributed by atoms with E-state index in [0.717, 1.165) is 5.56 Å². The molecule has 19 heavy (non-hydrogen) atoms. The van der Waals surface area contributed by atoms with Crippen LogP contribution >= 0.6 is 11.6 Å². The molecule has 1 aromatic carbocycles. The molecule has 0 radical (unpaired) electrons.